The molecule has 0 aliphatic heterocycles. The Hall–Kier alpha value is -2.04. The first-order valence-electron chi connectivity index (χ1n) is 4.96. The Balaban J connectivity index is 2.18. The summed E-state index contributed by atoms with van der Waals surface area (Å²) in [6.45, 7) is 1.76. The highest BCUT2D eigenvalue weighted by molar-refractivity contribution is 5.95. The fraction of sp³-hybridized carbons (Fsp3) is 0.273. The number of hydrogen-bond donors (Lipinski definition) is 0. The van der Waals surface area contributed by atoms with Crippen LogP contribution in [0.25, 0.3) is 0 Å². The normalized spacial score (nSPS) is 10.4. The smallest absolute Gasteiger partial charge is 0.188 e. The minimum absolute atomic E-state index is 0.0419. The molecule has 5 nitrogen and oxygen atoms in total. The van der Waals surface area contributed by atoms with Crippen molar-refractivity contribution in [3.05, 3.63) is 42.0 Å². The highest BCUT2D eigenvalue weighted by atomic mass is 16.1. The van der Waals surface area contributed by atoms with Gasteiger partial charge in [0.25, 0.3) is 0 Å². The van der Waals surface area contributed by atoms with Gasteiger partial charge in [-0.2, -0.15) is 0 Å². The maximum Gasteiger partial charge on any atom is 0.188 e. The molecule has 0 atom stereocenters. The Morgan fingerprint density at radius 3 is 2.81 bits per heavy atom. The molecule has 0 amide bonds. The van der Waals surface area contributed by atoms with Crippen LogP contribution in [0.15, 0.2) is 24.7 Å². The minimum Gasteiger partial charge on any atom is -0.338 e. The topological polar surface area (TPSA) is 60.7 Å². The SMILES string of the molecule is Cc1nccc(C(=O)Cc2nccn2C)n1. The van der Waals surface area contributed by atoms with Gasteiger partial charge in [0.05, 0.1) is 6.42 Å². The van der Waals surface area contributed by atoms with Gasteiger partial charge < -0.3 is 4.57 Å². The van der Waals surface area contributed by atoms with Gasteiger partial charge in [-0.3, -0.25) is 4.79 Å². The van der Waals surface area contributed by atoms with Crippen molar-refractivity contribution < 1.29 is 4.79 Å². The Morgan fingerprint density at radius 1 is 1.38 bits per heavy atom. The van der Waals surface area contributed by atoms with Gasteiger partial charge in [0.1, 0.15) is 17.3 Å². The zero-order chi connectivity index (χ0) is 11.5. The van der Waals surface area contributed by atoms with Gasteiger partial charge in [0.2, 0.25) is 0 Å². The average molecular weight is 216 g/mol. The van der Waals surface area contributed by atoms with Crippen LogP contribution in [0.5, 0.6) is 0 Å². The van der Waals surface area contributed by atoms with Crippen molar-refractivity contribution in [2.45, 2.75) is 13.3 Å². The van der Waals surface area contributed by atoms with Crippen molar-refractivity contribution in [2.75, 3.05) is 0 Å². The van der Waals surface area contributed by atoms with Crippen LogP contribution in [0.3, 0.4) is 0 Å². The number of nitrogens with zero attached hydrogens (tertiary/aromatic N) is 4. The van der Waals surface area contributed by atoms with E-state index in [9.17, 15) is 4.79 Å². The number of hydrogen-bond acceptors (Lipinski definition) is 4. The summed E-state index contributed by atoms with van der Waals surface area (Å²) in [5.74, 6) is 1.30. The molecule has 0 radical (unpaired) electrons. The molecule has 16 heavy (non-hydrogen) atoms. The lowest BCUT2D eigenvalue weighted by molar-refractivity contribution is 0.0985. The predicted octanol–water partition coefficient (Wildman–Crippen LogP) is 0.944. The average Bonchev–Trinajstić information content (AvgIpc) is 2.64. The van der Waals surface area contributed by atoms with E-state index < -0.39 is 0 Å². The van der Waals surface area contributed by atoms with Gasteiger partial charge in [0.15, 0.2) is 5.78 Å². The molecular formula is C11H12N4O. The molecular weight excluding hydrogens is 204 g/mol. The molecule has 2 rings (SSSR count). The summed E-state index contributed by atoms with van der Waals surface area (Å²) in [5.41, 5.74) is 0.440. The van der Waals surface area contributed by atoms with E-state index in [2.05, 4.69) is 15.0 Å². The summed E-state index contributed by atoms with van der Waals surface area (Å²) in [6, 6.07) is 1.62. The van der Waals surface area contributed by atoms with Gasteiger partial charge in [-0.25, -0.2) is 15.0 Å². The lowest BCUT2D eigenvalue weighted by Gasteiger charge is -2.01. The predicted molar refractivity (Wildman–Crippen MR) is 58.0 cm³/mol. The monoisotopic (exact) mass is 216 g/mol. The molecule has 0 aromatic carbocycles. The molecule has 0 unspecified atom stereocenters. The highest BCUT2D eigenvalue weighted by Gasteiger charge is 2.11. The van der Waals surface area contributed by atoms with Crippen molar-refractivity contribution in [3.63, 3.8) is 0 Å². The van der Waals surface area contributed by atoms with Crippen molar-refractivity contribution in [2.24, 2.45) is 7.05 Å². The lowest BCUT2D eigenvalue weighted by Crippen LogP contribution is -2.10. The fourth-order valence-corrected chi connectivity index (χ4v) is 1.41. The summed E-state index contributed by atoms with van der Waals surface area (Å²) in [7, 11) is 1.86. The van der Waals surface area contributed by atoms with Crippen LogP contribution < -0.4 is 0 Å². The second-order valence-electron chi connectivity index (χ2n) is 3.54. The summed E-state index contributed by atoms with van der Waals surface area (Å²) in [6.07, 6.45) is 5.34. The second kappa shape index (κ2) is 4.22. The fourth-order valence-electron chi connectivity index (χ4n) is 1.41. The number of Topliss-reactive ketones (excluding diaryl/α,β-unsaturated/α-hetero) is 1. The molecule has 5 heteroatoms. The zero-order valence-electron chi connectivity index (χ0n) is 9.21. The molecule has 0 aliphatic carbocycles. The molecule has 0 bridgehead atoms. The van der Waals surface area contributed by atoms with E-state index >= 15 is 0 Å². The van der Waals surface area contributed by atoms with E-state index in [1.807, 2.05) is 17.8 Å². The van der Waals surface area contributed by atoms with Crippen molar-refractivity contribution in [3.8, 4) is 0 Å². The van der Waals surface area contributed by atoms with Crippen LogP contribution in [-0.4, -0.2) is 25.3 Å². The van der Waals surface area contributed by atoms with Crippen LogP contribution in [-0.2, 0) is 13.5 Å². The maximum atomic E-state index is 11.9. The third-order valence-electron chi connectivity index (χ3n) is 2.30. The molecule has 0 aliphatic rings. The van der Waals surface area contributed by atoms with Crippen LogP contribution in [0.2, 0.25) is 0 Å². The first-order valence-corrected chi connectivity index (χ1v) is 4.96. The molecule has 0 fully saturated rings. The van der Waals surface area contributed by atoms with E-state index in [0.717, 1.165) is 5.82 Å². The van der Waals surface area contributed by atoms with Gasteiger partial charge in [-0.05, 0) is 13.0 Å². The largest absolute Gasteiger partial charge is 0.338 e. The molecule has 82 valence electrons. The van der Waals surface area contributed by atoms with Crippen molar-refractivity contribution >= 4 is 5.78 Å². The summed E-state index contributed by atoms with van der Waals surface area (Å²) < 4.78 is 1.83. The van der Waals surface area contributed by atoms with Gasteiger partial charge in [-0.1, -0.05) is 0 Å². The van der Waals surface area contributed by atoms with Crippen LogP contribution in [0, 0.1) is 6.92 Å². The molecule has 0 N–H and O–H groups in total. The molecule has 0 saturated heterocycles. The van der Waals surface area contributed by atoms with E-state index in [0.29, 0.717) is 11.5 Å². The zero-order valence-corrected chi connectivity index (χ0v) is 9.21. The third-order valence-corrected chi connectivity index (χ3v) is 2.30. The standard InChI is InChI=1S/C11H12N4O/c1-8-12-4-3-9(14-8)10(16)7-11-13-5-6-15(11)2/h3-6H,7H2,1-2H3. The van der Waals surface area contributed by atoms with Crippen LogP contribution >= 0.6 is 0 Å². The van der Waals surface area contributed by atoms with Crippen LogP contribution in [0.4, 0.5) is 0 Å². The first-order chi connectivity index (χ1) is 7.66. The Morgan fingerprint density at radius 2 is 2.19 bits per heavy atom. The summed E-state index contributed by atoms with van der Waals surface area (Å²) >= 11 is 0. The maximum absolute atomic E-state index is 11.9. The Labute approximate surface area is 93.2 Å². The number of rotatable bonds is 3. The molecule has 2 aromatic rings. The quantitative estimate of drug-likeness (QED) is 0.716. The van der Waals surface area contributed by atoms with Crippen molar-refractivity contribution in [1.29, 1.82) is 0 Å². The second-order valence-corrected chi connectivity index (χ2v) is 3.54. The summed E-state index contributed by atoms with van der Waals surface area (Å²) in [5, 5.41) is 0. The third kappa shape index (κ3) is 2.13. The van der Waals surface area contributed by atoms with Gasteiger partial charge in [0, 0.05) is 25.6 Å². The summed E-state index contributed by atoms with van der Waals surface area (Å²) in [4.78, 5) is 24.0. The molecule has 0 saturated carbocycles. The highest BCUT2D eigenvalue weighted by Crippen LogP contribution is 2.03. The van der Waals surface area contributed by atoms with Gasteiger partial charge >= 0.3 is 0 Å². The van der Waals surface area contributed by atoms with E-state index in [1.165, 1.54) is 0 Å². The van der Waals surface area contributed by atoms with Crippen LogP contribution in [0.1, 0.15) is 22.1 Å². The van der Waals surface area contributed by atoms with E-state index in [-0.39, 0.29) is 12.2 Å². The number of aryl methyl sites for hydroxylation is 2. The minimum atomic E-state index is -0.0419. The number of carbonyl (C=O) groups is 1. The molecule has 0 spiro atoms. The first kappa shape index (κ1) is 10.5. The van der Waals surface area contributed by atoms with E-state index in [4.69, 9.17) is 0 Å². The van der Waals surface area contributed by atoms with Crippen molar-refractivity contribution in [1.82, 2.24) is 19.5 Å². The molecule has 2 aromatic heterocycles. The Bertz CT molecular complexity index is 518. The number of aromatic nitrogens is 4. The lowest BCUT2D eigenvalue weighted by atomic mass is 10.2. The molecule has 2 heterocycles. The number of imidazole rings is 1. The number of carbonyl (C=O) groups excluding carboxylic acids is 1. The number of ketones is 1. The van der Waals surface area contributed by atoms with E-state index in [1.54, 1.807) is 25.4 Å². The Kier molecular flexibility index (Phi) is 2.76. The van der Waals surface area contributed by atoms with Gasteiger partial charge in [-0.15, -0.1) is 0 Å².